The van der Waals surface area contributed by atoms with Crippen molar-refractivity contribution in [3.63, 3.8) is 0 Å². The fourth-order valence-corrected chi connectivity index (χ4v) is 2.26. The van der Waals surface area contributed by atoms with Gasteiger partial charge in [0.05, 0.1) is 6.61 Å². The van der Waals surface area contributed by atoms with Crippen molar-refractivity contribution in [3.8, 4) is 0 Å². The molecule has 0 aromatic carbocycles. The molecule has 4 heteroatoms. The van der Waals surface area contributed by atoms with Crippen molar-refractivity contribution in [2.75, 3.05) is 6.61 Å². The van der Waals surface area contributed by atoms with Gasteiger partial charge in [-0.3, -0.25) is 4.79 Å². The number of nitrogens with two attached hydrogens (primary N) is 1. The molecule has 0 aromatic heterocycles. The Morgan fingerprint density at radius 2 is 2.15 bits per heavy atom. The minimum Gasteiger partial charge on any atom is -0.465 e. The summed E-state index contributed by atoms with van der Waals surface area (Å²) in [6.07, 6.45) is 4.29. The van der Waals surface area contributed by atoms with Crippen LogP contribution in [0.4, 0.5) is 0 Å². The molecule has 76 valence electrons. The quantitative estimate of drug-likeness (QED) is 0.691. The lowest BCUT2D eigenvalue weighted by Gasteiger charge is -2.29. The monoisotopic (exact) mass is 205 g/mol. The van der Waals surface area contributed by atoms with Crippen molar-refractivity contribution >= 4 is 18.4 Å². The van der Waals surface area contributed by atoms with E-state index in [-0.39, 0.29) is 23.8 Å². The normalized spacial score (nSPS) is 33.1. The highest BCUT2D eigenvalue weighted by Crippen LogP contribution is 2.67. The lowest BCUT2D eigenvalue weighted by molar-refractivity contribution is -0.147. The van der Waals surface area contributed by atoms with E-state index < -0.39 is 5.54 Å². The first-order chi connectivity index (χ1) is 5.65. The number of ether oxygens (including phenoxy) is 1. The van der Waals surface area contributed by atoms with Gasteiger partial charge >= 0.3 is 5.97 Å². The summed E-state index contributed by atoms with van der Waals surface area (Å²) in [5.74, 6) is -0.190. The molecule has 1 atom stereocenters. The minimum absolute atomic E-state index is 0. The molecular weight excluding hydrogens is 190 g/mol. The first-order valence-corrected chi connectivity index (χ1v) is 4.61. The Bertz CT molecular complexity index is 228. The zero-order chi connectivity index (χ0) is 8.82. The second-order valence-corrected chi connectivity index (χ2v) is 4.00. The van der Waals surface area contributed by atoms with Gasteiger partial charge in [-0.25, -0.2) is 0 Å². The highest BCUT2D eigenvalue weighted by Gasteiger charge is 2.72. The third-order valence-electron chi connectivity index (χ3n) is 3.39. The van der Waals surface area contributed by atoms with Crippen LogP contribution in [0.1, 0.15) is 32.6 Å². The Hall–Kier alpha value is -0.280. The molecule has 13 heavy (non-hydrogen) atoms. The molecule has 2 aliphatic rings. The first-order valence-electron chi connectivity index (χ1n) is 4.61. The van der Waals surface area contributed by atoms with Gasteiger partial charge in [0.25, 0.3) is 0 Å². The van der Waals surface area contributed by atoms with Gasteiger partial charge in [-0.05, 0) is 26.2 Å². The van der Waals surface area contributed by atoms with Crippen LogP contribution in [0, 0.1) is 5.41 Å². The highest BCUT2D eigenvalue weighted by molar-refractivity contribution is 5.86. The van der Waals surface area contributed by atoms with E-state index in [1.165, 1.54) is 6.42 Å². The van der Waals surface area contributed by atoms with Crippen LogP contribution in [0.3, 0.4) is 0 Å². The summed E-state index contributed by atoms with van der Waals surface area (Å²) >= 11 is 0. The summed E-state index contributed by atoms with van der Waals surface area (Å²) in [4.78, 5) is 11.4. The molecular formula is C9H16ClNO2. The zero-order valence-electron chi connectivity index (χ0n) is 7.84. The summed E-state index contributed by atoms with van der Waals surface area (Å²) in [6, 6.07) is 0. The standard InChI is InChI=1S/C9H15NO2.ClH/c1-2-12-7(11)9(10)6-8(9)4-3-5-8;/h2-6,10H2,1H3;1H. The van der Waals surface area contributed by atoms with Gasteiger partial charge in [-0.1, -0.05) is 6.42 Å². The lowest BCUT2D eigenvalue weighted by atomic mass is 9.78. The predicted octanol–water partition coefficient (Wildman–Crippen LogP) is 1.24. The van der Waals surface area contributed by atoms with E-state index >= 15 is 0 Å². The van der Waals surface area contributed by atoms with E-state index in [2.05, 4.69) is 0 Å². The highest BCUT2D eigenvalue weighted by atomic mass is 35.5. The van der Waals surface area contributed by atoms with Crippen LogP contribution in [-0.2, 0) is 9.53 Å². The van der Waals surface area contributed by atoms with E-state index in [0.717, 1.165) is 19.3 Å². The lowest BCUT2D eigenvalue weighted by Crippen LogP contribution is -2.43. The molecule has 0 amide bonds. The fraction of sp³-hybridized carbons (Fsp3) is 0.889. The molecule has 0 saturated heterocycles. The van der Waals surface area contributed by atoms with Gasteiger partial charge in [0.2, 0.25) is 0 Å². The molecule has 2 aliphatic carbocycles. The number of hydrogen-bond donors (Lipinski definition) is 1. The maximum Gasteiger partial charge on any atom is 0.326 e. The first kappa shape index (κ1) is 10.8. The van der Waals surface area contributed by atoms with Crippen LogP contribution >= 0.6 is 12.4 Å². The topological polar surface area (TPSA) is 52.3 Å². The van der Waals surface area contributed by atoms with Crippen LogP contribution in [-0.4, -0.2) is 18.1 Å². The predicted molar refractivity (Wildman–Crippen MR) is 51.7 cm³/mol. The van der Waals surface area contributed by atoms with Crippen LogP contribution in [0.5, 0.6) is 0 Å². The summed E-state index contributed by atoms with van der Waals surface area (Å²) in [7, 11) is 0. The Labute approximate surface area is 84.4 Å². The van der Waals surface area contributed by atoms with Gasteiger partial charge in [0, 0.05) is 5.41 Å². The van der Waals surface area contributed by atoms with Crippen molar-refractivity contribution in [2.45, 2.75) is 38.1 Å². The summed E-state index contributed by atoms with van der Waals surface area (Å²) < 4.78 is 4.94. The number of carbonyl (C=O) groups excluding carboxylic acids is 1. The Kier molecular flexibility index (Phi) is 2.61. The number of rotatable bonds is 2. The molecule has 2 N–H and O–H groups in total. The summed E-state index contributed by atoms with van der Waals surface area (Å²) in [5.41, 5.74) is 5.48. The van der Waals surface area contributed by atoms with E-state index in [0.29, 0.717) is 6.61 Å². The van der Waals surface area contributed by atoms with E-state index in [1.54, 1.807) is 0 Å². The van der Waals surface area contributed by atoms with Crippen molar-refractivity contribution in [1.29, 1.82) is 0 Å². The SMILES string of the molecule is CCOC(=O)C1(N)CC12CCC2.Cl. The molecule has 2 saturated carbocycles. The fourth-order valence-electron chi connectivity index (χ4n) is 2.26. The molecule has 2 rings (SSSR count). The zero-order valence-corrected chi connectivity index (χ0v) is 8.65. The third kappa shape index (κ3) is 1.25. The molecule has 0 bridgehead atoms. The molecule has 2 fully saturated rings. The Morgan fingerprint density at radius 3 is 2.46 bits per heavy atom. The second kappa shape index (κ2) is 3.14. The van der Waals surface area contributed by atoms with E-state index in [1.807, 2.05) is 6.92 Å². The van der Waals surface area contributed by atoms with Gasteiger partial charge in [-0.2, -0.15) is 0 Å². The molecule has 0 aromatic rings. The van der Waals surface area contributed by atoms with Gasteiger partial charge in [0.15, 0.2) is 0 Å². The molecule has 3 nitrogen and oxygen atoms in total. The maximum absolute atomic E-state index is 11.4. The Morgan fingerprint density at radius 1 is 1.54 bits per heavy atom. The molecule has 1 spiro atoms. The second-order valence-electron chi connectivity index (χ2n) is 4.00. The number of halogens is 1. The average Bonchev–Trinajstić information content (AvgIpc) is 2.58. The van der Waals surface area contributed by atoms with Crippen molar-refractivity contribution in [3.05, 3.63) is 0 Å². The molecule has 0 aliphatic heterocycles. The van der Waals surface area contributed by atoms with Gasteiger partial charge in [0.1, 0.15) is 5.54 Å². The minimum atomic E-state index is -0.610. The molecule has 1 unspecified atom stereocenters. The van der Waals surface area contributed by atoms with Crippen molar-refractivity contribution < 1.29 is 9.53 Å². The number of esters is 1. The van der Waals surface area contributed by atoms with E-state index in [9.17, 15) is 4.79 Å². The van der Waals surface area contributed by atoms with Crippen molar-refractivity contribution in [2.24, 2.45) is 11.1 Å². The molecule has 0 heterocycles. The average molecular weight is 206 g/mol. The number of hydrogen-bond acceptors (Lipinski definition) is 3. The van der Waals surface area contributed by atoms with Crippen LogP contribution in [0.2, 0.25) is 0 Å². The van der Waals surface area contributed by atoms with Gasteiger partial charge in [-0.15, -0.1) is 12.4 Å². The van der Waals surface area contributed by atoms with Crippen molar-refractivity contribution in [1.82, 2.24) is 0 Å². The van der Waals surface area contributed by atoms with Crippen LogP contribution in [0.25, 0.3) is 0 Å². The molecule has 0 radical (unpaired) electrons. The number of carbonyl (C=O) groups is 1. The maximum atomic E-state index is 11.4. The summed E-state index contributed by atoms with van der Waals surface area (Å²) in [5, 5.41) is 0. The third-order valence-corrected chi connectivity index (χ3v) is 3.39. The van der Waals surface area contributed by atoms with Crippen LogP contribution in [0.15, 0.2) is 0 Å². The Balaban J connectivity index is 0.000000845. The summed E-state index contributed by atoms with van der Waals surface area (Å²) in [6.45, 7) is 2.25. The van der Waals surface area contributed by atoms with E-state index in [4.69, 9.17) is 10.5 Å². The van der Waals surface area contributed by atoms with Gasteiger partial charge < -0.3 is 10.5 Å². The largest absolute Gasteiger partial charge is 0.465 e. The smallest absolute Gasteiger partial charge is 0.326 e. The van der Waals surface area contributed by atoms with Crippen LogP contribution < -0.4 is 5.73 Å².